The monoisotopic (exact) mass is 284 g/mol. The lowest BCUT2D eigenvalue weighted by Crippen LogP contribution is -2.37. The first kappa shape index (κ1) is 12.9. The van der Waals surface area contributed by atoms with Gasteiger partial charge in [-0.25, -0.2) is 9.66 Å². The second kappa shape index (κ2) is 5.11. The number of nitrogens with zero attached hydrogens (tertiary/aromatic N) is 4. The van der Waals surface area contributed by atoms with Crippen LogP contribution >= 0.6 is 11.6 Å². The van der Waals surface area contributed by atoms with E-state index in [1.807, 2.05) is 6.92 Å². The molecule has 2 aliphatic rings. The van der Waals surface area contributed by atoms with Crippen LogP contribution in [0.25, 0.3) is 0 Å². The molecule has 0 radical (unpaired) electrons. The smallest absolute Gasteiger partial charge is 0.220 e. The van der Waals surface area contributed by atoms with Crippen LogP contribution in [0.2, 0.25) is 0 Å². The average molecular weight is 285 g/mol. The summed E-state index contributed by atoms with van der Waals surface area (Å²) in [5, 5.41) is 14.9. The Bertz CT molecular complexity index is 496. The summed E-state index contributed by atoms with van der Waals surface area (Å²) in [4.78, 5) is 6.06. The maximum absolute atomic E-state index is 10.3. The molecular weight excluding hydrogens is 268 g/mol. The molecule has 1 fully saturated rings. The molecule has 0 amide bonds. The maximum atomic E-state index is 10.3. The normalized spacial score (nSPS) is 24.3. The maximum Gasteiger partial charge on any atom is 0.220 e. The molecule has 0 aromatic carbocycles. The fourth-order valence-electron chi connectivity index (χ4n) is 2.60. The van der Waals surface area contributed by atoms with Gasteiger partial charge in [0.1, 0.15) is 11.5 Å². The lowest BCUT2D eigenvalue weighted by atomic mass is 10.00. The molecule has 0 saturated carbocycles. The van der Waals surface area contributed by atoms with Crippen LogP contribution in [0, 0.1) is 0 Å². The van der Waals surface area contributed by atoms with E-state index in [1.165, 1.54) is 0 Å². The number of aliphatic hydroxyl groups excluding tert-OH is 1. The third-order valence-corrected chi connectivity index (χ3v) is 3.99. The molecule has 1 atom stereocenters. The van der Waals surface area contributed by atoms with Crippen LogP contribution in [0.1, 0.15) is 43.4 Å². The van der Waals surface area contributed by atoms with E-state index in [1.54, 1.807) is 15.8 Å². The van der Waals surface area contributed by atoms with Crippen molar-refractivity contribution in [1.29, 1.82) is 0 Å². The minimum atomic E-state index is -0.781. The number of fused-ring (bicyclic) bond motifs is 1. The number of imidazole rings is 1. The lowest BCUT2D eigenvalue weighted by molar-refractivity contribution is 0.0442. The Morgan fingerprint density at radius 3 is 2.89 bits per heavy atom. The summed E-state index contributed by atoms with van der Waals surface area (Å²) in [6.07, 6.45) is 2.76. The molecule has 1 N–H and O–H groups in total. The minimum Gasteiger partial charge on any atom is -0.381 e. The van der Waals surface area contributed by atoms with Crippen molar-refractivity contribution in [3.05, 3.63) is 17.7 Å². The topological polar surface area (TPSA) is 62.9 Å². The molecule has 0 spiro atoms. The zero-order chi connectivity index (χ0) is 13.4. The van der Waals surface area contributed by atoms with E-state index in [0.29, 0.717) is 23.5 Å². The van der Waals surface area contributed by atoms with Crippen LogP contribution in [0.3, 0.4) is 0 Å². The first-order valence-electron chi connectivity index (χ1n) is 6.56. The highest BCUT2D eigenvalue weighted by Crippen LogP contribution is 2.31. The zero-order valence-corrected chi connectivity index (χ0v) is 11.5. The third kappa shape index (κ3) is 2.13. The molecule has 19 heavy (non-hydrogen) atoms. The Hall–Kier alpha value is -1.11. The van der Waals surface area contributed by atoms with E-state index >= 15 is 0 Å². The molecule has 1 aromatic rings. The molecule has 3 heterocycles. The highest BCUT2D eigenvalue weighted by molar-refractivity contribution is 6.64. The molecule has 0 aliphatic carbocycles. The predicted molar refractivity (Wildman–Crippen MR) is 71.0 cm³/mol. The number of halogens is 1. The fourth-order valence-corrected chi connectivity index (χ4v) is 2.88. The van der Waals surface area contributed by atoms with Crippen LogP contribution in [0.5, 0.6) is 0 Å². The van der Waals surface area contributed by atoms with Crippen LogP contribution in [0.4, 0.5) is 0 Å². The average Bonchev–Trinajstić information content (AvgIpc) is 2.84. The first-order chi connectivity index (χ1) is 9.22. The van der Waals surface area contributed by atoms with Crippen molar-refractivity contribution < 1.29 is 9.84 Å². The Labute approximate surface area is 116 Å². The van der Waals surface area contributed by atoms with Gasteiger partial charge in [0, 0.05) is 25.7 Å². The van der Waals surface area contributed by atoms with Crippen molar-refractivity contribution >= 4 is 16.9 Å². The molecule has 6 nitrogen and oxygen atoms in total. The van der Waals surface area contributed by atoms with Gasteiger partial charge in [0.2, 0.25) is 5.29 Å². The SMILES string of the molecule is CCN1C(Cl)=Nn2c(cnc2C2CCOCC2)[C@H]1O. The van der Waals surface area contributed by atoms with Crippen LogP contribution in [-0.4, -0.2) is 44.7 Å². The van der Waals surface area contributed by atoms with Gasteiger partial charge in [0.25, 0.3) is 0 Å². The summed E-state index contributed by atoms with van der Waals surface area (Å²) >= 11 is 6.12. The van der Waals surface area contributed by atoms with Gasteiger partial charge in [-0.3, -0.25) is 0 Å². The van der Waals surface area contributed by atoms with Crippen LogP contribution in [0.15, 0.2) is 11.3 Å². The molecular formula is C12H17ClN4O2. The van der Waals surface area contributed by atoms with Gasteiger partial charge in [-0.05, 0) is 31.4 Å². The molecule has 2 aliphatic heterocycles. The largest absolute Gasteiger partial charge is 0.381 e. The van der Waals surface area contributed by atoms with E-state index in [4.69, 9.17) is 16.3 Å². The molecule has 0 unspecified atom stereocenters. The number of aromatic nitrogens is 2. The van der Waals surface area contributed by atoms with Crippen LogP contribution < -0.4 is 0 Å². The second-order valence-corrected chi connectivity index (χ2v) is 5.11. The van der Waals surface area contributed by atoms with E-state index in [2.05, 4.69) is 10.1 Å². The van der Waals surface area contributed by atoms with Gasteiger partial charge < -0.3 is 14.7 Å². The lowest BCUT2D eigenvalue weighted by Gasteiger charge is -2.31. The van der Waals surface area contributed by atoms with E-state index in [-0.39, 0.29) is 0 Å². The zero-order valence-electron chi connectivity index (χ0n) is 10.8. The highest BCUT2D eigenvalue weighted by atomic mass is 35.5. The summed E-state index contributed by atoms with van der Waals surface area (Å²) in [6, 6.07) is 0. The summed E-state index contributed by atoms with van der Waals surface area (Å²) in [7, 11) is 0. The number of hydrogen-bond acceptors (Lipinski definition) is 5. The highest BCUT2D eigenvalue weighted by Gasteiger charge is 2.31. The number of aliphatic hydroxyl groups is 1. The van der Waals surface area contributed by atoms with Gasteiger partial charge in [-0.2, -0.15) is 0 Å². The van der Waals surface area contributed by atoms with Crippen molar-refractivity contribution in [3.63, 3.8) is 0 Å². The van der Waals surface area contributed by atoms with Crippen molar-refractivity contribution in [2.24, 2.45) is 5.10 Å². The molecule has 0 bridgehead atoms. The number of hydrogen-bond donors (Lipinski definition) is 1. The van der Waals surface area contributed by atoms with E-state index in [0.717, 1.165) is 31.9 Å². The Morgan fingerprint density at radius 2 is 2.21 bits per heavy atom. The van der Waals surface area contributed by atoms with Gasteiger partial charge in [0.05, 0.1) is 6.20 Å². The number of rotatable bonds is 2. The van der Waals surface area contributed by atoms with Crippen molar-refractivity contribution in [1.82, 2.24) is 14.6 Å². The molecule has 7 heteroatoms. The quantitative estimate of drug-likeness (QED) is 0.835. The van der Waals surface area contributed by atoms with Gasteiger partial charge >= 0.3 is 0 Å². The second-order valence-electron chi connectivity index (χ2n) is 4.77. The first-order valence-corrected chi connectivity index (χ1v) is 6.94. The fraction of sp³-hybridized carbons (Fsp3) is 0.667. The minimum absolute atomic E-state index is 0.300. The van der Waals surface area contributed by atoms with Crippen molar-refractivity contribution in [2.75, 3.05) is 19.8 Å². The van der Waals surface area contributed by atoms with Crippen molar-refractivity contribution in [3.8, 4) is 0 Å². The van der Waals surface area contributed by atoms with E-state index < -0.39 is 6.23 Å². The molecule has 1 aromatic heterocycles. The summed E-state index contributed by atoms with van der Waals surface area (Å²) in [5.74, 6) is 1.18. The Balaban J connectivity index is 1.96. The van der Waals surface area contributed by atoms with Gasteiger partial charge in [0.15, 0.2) is 6.23 Å². The van der Waals surface area contributed by atoms with Crippen LogP contribution in [-0.2, 0) is 4.74 Å². The van der Waals surface area contributed by atoms with E-state index in [9.17, 15) is 5.11 Å². The summed E-state index contributed by atoms with van der Waals surface area (Å²) in [5.41, 5.74) is 0.674. The summed E-state index contributed by atoms with van der Waals surface area (Å²) < 4.78 is 7.05. The third-order valence-electron chi connectivity index (χ3n) is 3.70. The predicted octanol–water partition coefficient (Wildman–Crippen LogP) is 1.46. The molecule has 3 rings (SSSR count). The number of amidine groups is 1. The molecule has 1 saturated heterocycles. The van der Waals surface area contributed by atoms with Gasteiger partial charge in [-0.1, -0.05) is 0 Å². The molecule has 104 valence electrons. The standard InChI is InChI=1S/C12H17ClN4O2/c1-2-16-11(18)9-7-14-10(17(9)15-12(16)13)8-3-5-19-6-4-8/h7-8,11,18H,2-6H2,1H3/t11-/m1/s1. The van der Waals surface area contributed by atoms with Gasteiger partial charge in [-0.15, -0.1) is 5.10 Å². The summed E-state index contributed by atoms with van der Waals surface area (Å²) in [6.45, 7) is 4.01. The Kier molecular flexibility index (Phi) is 3.47. The van der Waals surface area contributed by atoms with Crippen molar-refractivity contribution in [2.45, 2.75) is 31.9 Å². The Morgan fingerprint density at radius 1 is 1.47 bits per heavy atom. The number of ether oxygens (including phenoxy) is 1.